The molecule has 0 unspecified atom stereocenters. The zero-order valence-corrected chi connectivity index (χ0v) is 13.4. The van der Waals surface area contributed by atoms with Gasteiger partial charge < -0.3 is 14.8 Å². The largest absolute Gasteiger partial charge is 0.493 e. The van der Waals surface area contributed by atoms with E-state index in [-0.39, 0.29) is 5.91 Å². The molecule has 122 valence electrons. The third-order valence-corrected chi connectivity index (χ3v) is 3.63. The van der Waals surface area contributed by atoms with E-state index in [1.807, 2.05) is 18.2 Å². The highest BCUT2D eigenvalue weighted by atomic mass is 16.5. The van der Waals surface area contributed by atoms with Crippen molar-refractivity contribution in [2.75, 3.05) is 14.2 Å². The van der Waals surface area contributed by atoms with Crippen LogP contribution >= 0.6 is 0 Å². The van der Waals surface area contributed by atoms with E-state index in [4.69, 9.17) is 9.47 Å². The van der Waals surface area contributed by atoms with Gasteiger partial charge in [0, 0.05) is 24.5 Å². The third kappa shape index (κ3) is 3.27. The number of hydrogen-bond acceptors (Lipinski definition) is 5. The minimum Gasteiger partial charge on any atom is -0.493 e. The average molecular weight is 323 g/mol. The Bertz CT molecular complexity index is 880. The number of carbonyl (C=O) groups is 1. The van der Waals surface area contributed by atoms with Gasteiger partial charge in [-0.2, -0.15) is 0 Å². The molecule has 1 heterocycles. The maximum atomic E-state index is 12.3. The minimum atomic E-state index is -0.185. The molecule has 1 aromatic heterocycles. The summed E-state index contributed by atoms with van der Waals surface area (Å²) in [5, 5.41) is 2.89. The van der Waals surface area contributed by atoms with Crippen LogP contribution in [0.5, 0.6) is 11.5 Å². The molecule has 0 atom stereocenters. The number of amides is 1. The molecule has 3 aromatic rings. The van der Waals surface area contributed by atoms with Crippen LogP contribution in [0.1, 0.15) is 15.9 Å². The van der Waals surface area contributed by atoms with Crippen LogP contribution in [0, 0.1) is 0 Å². The lowest BCUT2D eigenvalue weighted by atomic mass is 10.1. The lowest BCUT2D eigenvalue weighted by molar-refractivity contribution is 0.0950. The number of carbonyl (C=O) groups excluding carboxylic acids is 1. The fourth-order valence-electron chi connectivity index (χ4n) is 2.38. The molecule has 0 aliphatic rings. The van der Waals surface area contributed by atoms with Crippen LogP contribution in [0.25, 0.3) is 11.0 Å². The van der Waals surface area contributed by atoms with E-state index in [1.54, 1.807) is 37.7 Å². The summed E-state index contributed by atoms with van der Waals surface area (Å²) in [6.07, 6.45) is 3.30. The summed E-state index contributed by atoms with van der Waals surface area (Å²) in [4.78, 5) is 20.8. The number of nitrogens with zero attached hydrogens (tertiary/aromatic N) is 2. The molecule has 1 N–H and O–H groups in total. The predicted molar refractivity (Wildman–Crippen MR) is 90.3 cm³/mol. The molecule has 0 saturated carbocycles. The summed E-state index contributed by atoms with van der Waals surface area (Å²) < 4.78 is 10.4. The van der Waals surface area contributed by atoms with Crippen molar-refractivity contribution < 1.29 is 14.3 Å². The van der Waals surface area contributed by atoms with Crippen LogP contribution < -0.4 is 14.8 Å². The Balaban J connectivity index is 1.72. The van der Waals surface area contributed by atoms with Crippen LogP contribution in [-0.2, 0) is 6.54 Å². The number of ether oxygens (including phenoxy) is 2. The van der Waals surface area contributed by atoms with Crippen LogP contribution in [0.3, 0.4) is 0 Å². The summed E-state index contributed by atoms with van der Waals surface area (Å²) in [5.74, 6) is 0.920. The smallest absolute Gasteiger partial charge is 0.251 e. The summed E-state index contributed by atoms with van der Waals surface area (Å²) in [5.41, 5.74) is 3.09. The van der Waals surface area contributed by atoms with Gasteiger partial charge in [-0.1, -0.05) is 6.07 Å². The number of nitrogens with one attached hydrogen (secondary N) is 1. The quantitative estimate of drug-likeness (QED) is 0.781. The molecule has 0 radical (unpaired) electrons. The van der Waals surface area contributed by atoms with E-state index in [1.165, 1.54) is 7.11 Å². The van der Waals surface area contributed by atoms with Crippen molar-refractivity contribution in [3.63, 3.8) is 0 Å². The first-order valence-electron chi connectivity index (χ1n) is 7.41. The zero-order valence-electron chi connectivity index (χ0n) is 13.4. The topological polar surface area (TPSA) is 73.3 Å². The molecule has 3 rings (SSSR count). The second-order valence-corrected chi connectivity index (χ2v) is 5.13. The maximum Gasteiger partial charge on any atom is 0.251 e. The third-order valence-electron chi connectivity index (χ3n) is 3.63. The molecule has 0 aliphatic carbocycles. The fraction of sp³-hybridized carbons (Fsp3) is 0.167. The van der Waals surface area contributed by atoms with E-state index in [0.29, 0.717) is 23.6 Å². The number of fused-ring (bicyclic) bond motifs is 1. The summed E-state index contributed by atoms with van der Waals surface area (Å²) in [6, 6.07) is 10.8. The van der Waals surface area contributed by atoms with Crippen molar-refractivity contribution in [1.82, 2.24) is 15.3 Å². The highest BCUT2D eigenvalue weighted by Gasteiger charge is 2.10. The number of rotatable bonds is 5. The molecule has 1 amide bonds. The molecule has 0 aliphatic heterocycles. The number of methoxy groups -OCH3 is 2. The first-order chi connectivity index (χ1) is 11.7. The Morgan fingerprint density at radius 1 is 0.958 bits per heavy atom. The van der Waals surface area contributed by atoms with Crippen molar-refractivity contribution in [2.45, 2.75) is 6.54 Å². The maximum absolute atomic E-state index is 12.3. The van der Waals surface area contributed by atoms with Gasteiger partial charge in [0.15, 0.2) is 11.5 Å². The van der Waals surface area contributed by atoms with Crippen LogP contribution in [0.4, 0.5) is 0 Å². The normalized spacial score (nSPS) is 10.4. The lowest BCUT2D eigenvalue weighted by Gasteiger charge is -2.10. The van der Waals surface area contributed by atoms with Crippen molar-refractivity contribution in [3.05, 3.63) is 59.9 Å². The molecule has 24 heavy (non-hydrogen) atoms. The summed E-state index contributed by atoms with van der Waals surface area (Å²) in [7, 11) is 3.09. The van der Waals surface area contributed by atoms with Crippen LogP contribution in [0.2, 0.25) is 0 Å². The van der Waals surface area contributed by atoms with Gasteiger partial charge in [0.05, 0.1) is 25.3 Å². The van der Waals surface area contributed by atoms with Gasteiger partial charge in [0.2, 0.25) is 0 Å². The van der Waals surface area contributed by atoms with Gasteiger partial charge in [-0.25, -0.2) is 0 Å². The monoisotopic (exact) mass is 323 g/mol. The Labute approximate surface area is 139 Å². The van der Waals surface area contributed by atoms with Gasteiger partial charge in [-0.3, -0.25) is 14.8 Å². The van der Waals surface area contributed by atoms with E-state index >= 15 is 0 Å². The summed E-state index contributed by atoms with van der Waals surface area (Å²) >= 11 is 0. The second-order valence-electron chi connectivity index (χ2n) is 5.13. The Morgan fingerprint density at radius 2 is 1.71 bits per heavy atom. The van der Waals surface area contributed by atoms with E-state index < -0.39 is 0 Å². The number of aromatic nitrogens is 2. The van der Waals surface area contributed by atoms with Gasteiger partial charge in [-0.05, 0) is 35.9 Å². The predicted octanol–water partition coefficient (Wildman–Crippen LogP) is 2.58. The Kier molecular flexibility index (Phi) is 4.56. The summed E-state index contributed by atoms with van der Waals surface area (Å²) in [6.45, 7) is 0.402. The first-order valence-corrected chi connectivity index (χ1v) is 7.41. The van der Waals surface area contributed by atoms with Gasteiger partial charge in [0.1, 0.15) is 0 Å². The average Bonchev–Trinajstić information content (AvgIpc) is 2.65. The standard InChI is InChI=1S/C18H17N3O3/c1-23-16-6-4-13(10-17(16)24-2)18(22)21-11-12-3-5-14-15(9-12)20-8-7-19-14/h3-10H,11H2,1-2H3,(H,21,22). The molecule has 2 aromatic carbocycles. The minimum absolute atomic E-state index is 0.185. The van der Waals surface area contributed by atoms with Crippen molar-refractivity contribution in [2.24, 2.45) is 0 Å². The number of benzene rings is 2. The van der Waals surface area contributed by atoms with E-state index in [0.717, 1.165) is 16.6 Å². The molecule has 0 saturated heterocycles. The zero-order chi connectivity index (χ0) is 16.9. The van der Waals surface area contributed by atoms with Crippen molar-refractivity contribution in [1.29, 1.82) is 0 Å². The number of hydrogen-bond donors (Lipinski definition) is 1. The molecule has 0 bridgehead atoms. The molecule has 6 heteroatoms. The molecular weight excluding hydrogens is 306 g/mol. The molecule has 0 fully saturated rings. The van der Waals surface area contributed by atoms with Gasteiger partial charge in [-0.15, -0.1) is 0 Å². The SMILES string of the molecule is COc1ccc(C(=O)NCc2ccc3nccnc3c2)cc1OC. The van der Waals surface area contributed by atoms with Gasteiger partial charge >= 0.3 is 0 Å². The van der Waals surface area contributed by atoms with Crippen molar-refractivity contribution in [3.8, 4) is 11.5 Å². The lowest BCUT2D eigenvalue weighted by Crippen LogP contribution is -2.22. The van der Waals surface area contributed by atoms with E-state index in [2.05, 4.69) is 15.3 Å². The fourth-order valence-corrected chi connectivity index (χ4v) is 2.38. The van der Waals surface area contributed by atoms with E-state index in [9.17, 15) is 4.79 Å². The van der Waals surface area contributed by atoms with Crippen molar-refractivity contribution >= 4 is 16.9 Å². The molecular formula is C18H17N3O3. The van der Waals surface area contributed by atoms with Crippen LogP contribution in [0.15, 0.2) is 48.8 Å². The molecule has 0 spiro atoms. The highest BCUT2D eigenvalue weighted by molar-refractivity contribution is 5.94. The molecule has 6 nitrogen and oxygen atoms in total. The highest BCUT2D eigenvalue weighted by Crippen LogP contribution is 2.27. The van der Waals surface area contributed by atoms with Crippen LogP contribution in [-0.4, -0.2) is 30.1 Å². The Morgan fingerprint density at radius 3 is 2.46 bits per heavy atom. The Hall–Kier alpha value is -3.15. The first kappa shape index (κ1) is 15.7. The second kappa shape index (κ2) is 6.95. The van der Waals surface area contributed by atoms with Gasteiger partial charge in [0.25, 0.3) is 5.91 Å².